The summed E-state index contributed by atoms with van der Waals surface area (Å²) in [5.41, 5.74) is 6.36. The molecule has 0 aromatic heterocycles. The molecule has 0 radical (unpaired) electrons. The van der Waals surface area contributed by atoms with Crippen molar-refractivity contribution >= 4 is 17.5 Å². The number of nitrogens with zero attached hydrogens (tertiary/aromatic N) is 1. The highest BCUT2D eigenvalue weighted by atomic mass is 35.5. The Morgan fingerprint density at radius 2 is 1.96 bits per heavy atom. The van der Waals surface area contributed by atoms with Crippen molar-refractivity contribution in [2.24, 2.45) is 23.5 Å². The van der Waals surface area contributed by atoms with Crippen molar-refractivity contribution in [3.8, 4) is 5.75 Å². The number of rotatable bonds is 3. The molecule has 0 spiro atoms. The summed E-state index contributed by atoms with van der Waals surface area (Å²) in [6.07, 6.45) is 6.58. The Bertz CT molecular complexity index is 624. The predicted octanol–water partition coefficient (Wildman–Crippen LogP) is 3.47. The molecule has 1 aromatic carbocycles. The SMILES string of the molecule is NC1C2CCCC1CC(C(=O)N1CCC(Oc3cccc(Cl)c3)C1)C2. The lowest BCUT2D eigenvalue weighted by Gasteiger charge is -2.44. The molecule has 1 saturated heterocycles. The van der Waals surface area contributed by atoms with E-state index in [9.17, 15) is 4.79 Å². The molecule has 5 heteroatoms. The van der Waals surface area contributed by atoms with Gasteiger partial charge in [-0.05, 0) is 55.7 Å². The Morgan fingerprint density at radius 1 is 1.20 bits per heavy atom. The van der Waals surface area contributed by atoms with E-state index in [4.69, 9.17) is 22.1 Å². The van der Waals surface area contributed by atoms with Crippen LogP contribution in [0.5, 0.6) is 5.75 Å². The second kappa shape index (κ2) is 7.16. The average Bonchev–Trinajstić information content (AvgIpc) is 3.02. The molecule has 2 N–H and O–H groups in total. The number of likely N-dealkylation sites (tertiary alicyclic amines) is 1. The van der Waals surface area contributed by atoms with Crippen LogP contribution < -0.4 is 10.5 Å². The summed E-state index contributed by atoms with van der Waals surface area (Å²) in [5.74, 6) is 2.36. The van der Waals surface area contributed by atoms with Gasteiger partial charge < -0.3 is 15.4 Å². The van der Waals surface area contributed by atoms with E-state index in [0.717, 1.165) is 31.6 Å². The molecule has 4 nitrogen and oxygen atoms in total. The van der Waals surface area contributed by atoms with Crippen LogP contribution in [-0.4, -0.2) is 36.0 Å². The van der Waals surface area contributed by atoms with Crippen LogP contribution in [0.3, 0.4) is 0 Å². The standard InChI is InChI=1S/C20H27ClN2O2/c21-16-5-2-6-17(11-16)25-18-7-8-23(12-18)20(24)15-9-13-3-1-4-14(10-15)19(13)22/h2,5-6,11,13-15,18-19H,1,3-4,7-10,12,22H2. The summed E-state index contributed by atoms with van der Waals surface area (Å²) < 4.78 is 6.02. The zero-order chi connectivity index (χ0) is 17.4. The van der Waals surface area contributed by atoms with Crippen molar-refractivity contribution in [2.45, 2.75) is 50.7 Å². The summed E-state index contributed by atoms with van der Waals surface area (Å²) in [7, 11) is 0. The largest absolute Gasteiger partial charge is 0.488 e. The van der Waals surface area contributed by atoms with Gasteiger partial charge in [0, 0.05) is 29.9 Å². The number of ether oxygens (including phenoxy) is 1. The van der Waals surface area contributed by atoms with Crippen molar-refractivity contribution in [3.05, 3.63) is 29.3 Å². The van der Waals surface area contributed by atoms with E-state index in [1.807, 2.05) is 29.2 Å². The van der Waals surface area contributed by atoms with Crippen molar-refractivity contribution in [2.75, 3.05) is 13.1 Å². The maximum Gasteiger partial charge on any atom is 0.225 e. The number of hydrogen-bond donors (Lipinski definition) is 1. The van der Waals surface area contributed by atoms with Crippen LogP contribution in [0.25, 0.3) is 0 Å². The Labute approximate surface area is 154 Å². The van der Waals surface area contributed by atoms with Gasteiger partial charge >= 0.3 is 0 Å². The van der Waals surface area contributed by atoms with Gasteiger partial charge in [-0.1, -0.05) is 24.1 Å². The van der Waals surface area contributed by atoms with Crippen molar-refractivity contribution < 1.29 is 9.53 Å². The summed E-state index contributed by atoms with van der Waals surface area (Å²) in [6.45, 7) is 1.48. The van der Waals surface area contributed by atoms with Crippen LogP contribution in [0.2, 0.25) is 5.02 Å². The lowest BCUT2D eigenvalue weighted by molar-refractivity contribution is -0.137. The molecule has 3 aliphatic rings. The van der Waals surface area contributed by atoms with Gasteiger partial charge in [-0.2, -0.15) is 0 Å². The molecule has 25 heavy (non-hydrogen) atoms. The number of amides is 1. The zero-order valence-corrected chi connectivity index (χ0v) is 15.3. The molecule has 2 aliphatic carbocycles. The molecule has 1 aliphatic heterocycles. The number of nitrogens with two attached hydrogens (primary N) is 1. The first-order valence-corrected chi connectivity index (χ1v) is 9.94. The molecule has 1 heterocycles. The smallest absolute Gasteiger partial charge is 0.225 e. The summed E-state index contributed by atoms with van der Waals surface area (Å²) >= 11 is 6.01. The lowest BCUT2D eigenvalue weighted by atomic mass is 9.65. The Kier molecular flexibility index (Phi) is 4.92. The molecule has 1 aromatic rings. The van der Waals surface area contributed by atoms with Crippen LogP contribution in [0.4, 0.5) is 0 Å². The minimum absolute atomic E-state index is 0.0627. The number of hydrogen-bond acceptors (Lipinski definition) is 3. The second-order valence-corrected chi connectivity index (χ2v) is 8.40. The number of fused-ring (bicyclic) bond motifs is 2. The Hall–Kier alpha value is -1.26. The van der Waals surface area contributed by atoms with E-state index in [1.165, 1.54) is 19.3 Å². The van der Waals surface area contributed by atoms with Crippen LogP contribution in [0.15, 0.2) is 24.3 Å². The van der Waals surface area contributed by atoms with E-state index in [2.05, 4.69) is 0 Å². The maximum atomic E-state index is 13.0. The van der Waals surface area contributed by atoms with E-state index in [-0.39, 0.29) is 12.0 Å². The molecule has 3 atom stereocenters. The molecular weight excluding hydrogens is 336 g/mol. The minimum Gasteiger partial charge on any atom is -0.488 e. The van der Waals surface area contributed by atoms with Crippen LogP contribution in [0, 0.1) is 17.8 Å². The summed E-state index contributed by atoms with van der Waals surface area (Å²) in [5, 5.41) is 0.675. The van der Waals surface area contributed by atoms with Crippen molar-refractivity contribution in [1.82, 2.24) is 4.90 Å². The molecule has 3 fully saturated rings. The monoisotopic (exact) mass is 362 g/mol. The van der Waals surface area contributed by atoms with Crippen LogP contribution >= 0.6 is 11.6 Å². The molecular formula is C20H27ClN2O2. The van der Waals surface area contributed by atoms with Gasteiger partial charge in [-0.15, -0.1) is 0 Å². The first-order valence-electron chi connectivity index (χ1n) is 9.57. The fourth-order valence-electron chi connectivity index (χ4n) is 5.01. The van der Waals surface area contributed by atoms with E-state index in [1.54, 1.807) is 0 Å². The number of benzene rings is 1. The van der Waals surface area contributed by atoms with E-state index >= 15 is 0 Å². The maximum absolute atomic E-state index is 13.0. The van der Waals surface area contributed by atoms with Gasteiger partial charge in [0.15, 0.2) is 0 Å². The number of carbonyl (C=O) groups is 1. The summed E-state index contributed by atoms with van der Waals surface area (Å²) in [4.78, 5) is 15.0. The Balaban J connectivity index is 1.34. The highest BCUT2D eigenvalue weighted by Crippen LogP contribution is 2.42. The van der Waals surface area contributed by atoms with E-state index in [0.29, 0.717) is 35.4 Å². The summed E-state index contributed by atoms with van der Waals surface area (Å²) in [6, 6.07) is 7.79. The van der Waals surface area contributed by atoms with Gasteiger partial charge in [0.1, 0.15) is 11.9 Å². The minimum atomic E-state index is 0.0627. The van der Waals surface area contributed by atoms with Crippen LogP contribution in [0.1, 0.15) is 38.5 Å². The first kappa shape index (κ1) is 17.2. The first-order chi connectivity index (χ1) is 12.1. The molecule has 3 unspecified atom stereocenters. The normalized spacial score (nSPS) is 34.8. The molecule has 136 valence electrons. The second-order valence-electron chi connectivity index (χ2n) is 7.97. The van der Waals surface area contributed by atoms with Crippen molar-refractivity contribution in [1.29, 1.82) is 0 Å². The third-order valence-electron chi connectivity index (χ3n) is 6.32. The Morgan fingerprint density at radius 3 is 2.68 bits per heavy atom. The van der Waals surface area contributed by atoms with Gasteiger partial charge in [-0.3, -0.25) is 4.79 Å². The number of halogens is 1. The van der Waals surface area contributed by atoms with Gasteiger partial charge in [0.25, 0.3) is 0 Å². The van der Waals surface area contributed by atoms with Gasteiger partial charge in [0.05, 0.1) is 6.54 Å². The highest BCUT2D eigenvalue weighted by molar-refractivity contribution is 6.30. The highest BCUT2D eigenvalue weighted by Gasteiger charge is 2.42. The quantitative estimate of drug-likeness (QED) is 0.895. The van der Waals surface area contributed by atoms with E-state index < -0.39 is 0 Å². The molecule has 4 rings (SSSR count). The van der Waals surface area contributed by atoms with Crippen LogP contribution in [-0.2, 0) is 4.79 Å². The lowest BCUT2D eigenvalue weighted by Crippen LogP contribution is -2.49. The third kappa shape index (κ3) is 3.65. The third-order valence-corrected chi connectivity index (χ3v) is 6.55. The molecule has 2 saturated carbocycles. The fourth-order valence-corrected chi connectivity index (χ4v) is 5.19. The van der Waals surface area contributed by atoms with Gasteiger partial charge in [0.2, 0.25) is 5.91 Å². The van der Waals surface area contributed by atoms with Gasteiger partial charge in [-0.25, -0.2) is 0 Å². The average molecular weight is 363 g/mol. The molecule has 1 amide bonds. The zero-order valence-electron chi connectivity index (χ0n) is 14.6. The predicted molar refractivity (Wildman–Crippen MR) is 98.6 cm³/mol. The fraction of sp³-hybridized carbons (Fsp3) is 0.650. The van der Waals surface area contributed by atoms with Crippen molar-refractivity contribution in [3.63, 3.8) is 0 Å². The topological polar surface area (TPSA) is 55.6 Å². The molecule has 2 bridgehead atoms. The number of carbonyl (C=O) groups excluding carboxylic acids is 1.